The maximum Gasteiger partial charge on any atom is 0.261 e. The fraction of sp³-hybridized carbons (Fsp3) is 0.296. The highest BCUT2D eigenvalue weighted by molar-refractivity contribution is 6.07. The van der Waals surface area contributed by atoms with Gasteiger partial charge in [-0.3, -0.25) is 14.2 Å². The molecule has 4 rings (SSSR count). The van der Waals surface area contributed by atoms with Gasteiger partial charge in [-0.25, -0.2) is 4.98 Å². The van der Waals surface area contributed by atoms with E-state index < -0.39 is 0 Å². The maximum atomic E-state index is 13.8. The van der Waals surface area contributed by atoms with Crippen molar-refractivity contribution in [2.45, 2.75) is 46.2 Å². The van der Waals surface area contributed by atoms with Crippen LogP contribution in [0.2, 0.25) is 0 Å². The Labute approximate surface area is 188 Å². The summed E-state index contributed by atoms with van der Waals surface area (Å²) in [5.74, 6) is 0.596. The van der Waals surface area contributed by atoms with Gasteiger partial charge in [-0.1, -0.05) is 62.4 Å². The molecule has 0 N–H and O–H groups in total. The standard InChI is InChI=1S/C27H29N3O2/c1-4-17-29(26(31)22-15-10-12-20-11-6-7-13-21(20)22)19(3)25-28-24-16-9-8-14-23(24)27(32)30(25)18-5-2/h6-16,19H,4-5,17-18H2,1-3H3. The largest absolute Gasteiger partial charge is 0.329 e. The predicted molar refractivity (Wildman–Crippen MR) is 130 cm³/mol. The zero-order valence-electron chi connectivity index (χ0n) is 18.9. The molecular formula is C27H29N3O2. The molecule has 164 valence electrons. The number of hydrogen-bond donors (Lipinski definition) is 0. The Hall–Kier alpha value is -3.47. The van der Waals surface area contributed by atoms with E-state index in [9.17, 15) is 9.59 Å². The normalized spacial score (nSPS) is 12.2. The van der Waals surface area contributed by atoms with Crippen molar-refractivity contribution in [2.24, 2.45) is 0 Å². The van der Waals surface area contributed by atoms with Crippen molar-refractivity contribution < 1.29 is 4.79 Å². The summed E-state index contributed by atoms with van der Waals surface area (Å²) in [6.07, 6.45) is 1.62. The molecule has 3 aromatic carbocycles. The molecule has 1 heterocycles. The van der Waals surface area contributed by atoms with Crippen molar-refractivity contribution in [1.82, 2.24) is 14.5 Å². The van der Waals surface area contributed by atoms with E-state index >= 15 is 0 Å². The molecular weight excluding hydrogens is 398 g/mol. The molecule has 0 saturated carbocycles. The maximum absolute atomic E-state index is 13.8. The van der Waals surface area contributed by atoms with Gasteiger partial charge in [0.25, 0.3) is 11.5 Å². The van der Waals surface area contributed by atoms with Crippen LogP contribution in [0.1, 0.15) is 55.8 Å². The smallest absolute Gasteiger partial charge is 0.261 e. The van der Waals surface area contributed by atoms with Crippen LogP contribution >= 0.6 is 0 Å². The lowest BCUT2D eigenvalue weighted by Crippen LogP contribution is -2.38. The minimum Gasteiger partial charge on any atom is -0.329 e. The van der Waals surface area contributed by atoms with E-state index in [4.69, 9.17) is 4.98 Å². The first-order chi connectivity index (χ1) is 15.6. The Kier molecular flexibility index (Phi) is 6.35. The zero-order chi connectivity index (χ0) is 22.7. The first-order valence-corrected chi connectivity index (χ1v) is 11.3. The predicted octanol–water partition coefficient (Wildman–Crippen LogP) is 5.57. The number of hydrogen-bond acceptors (Lipinski definition) is 3. The van der Waals surface area contributed by atoms with Gasteiger partial charge in [0, 0.05) is 18.7 Å². The van der Waals surface area contributed by atoms with Crippen molar-refractivity contribution in [3.05, 3.63) is 88.5 Å². The molecule has 0 spiro atoms. The van der Waals surface area contributed by atoms with Crippen LogP contribution in [0.5, 0.6) is 0 Å². The Morgan fingerprint density at radius 3 is 2.38 bits per heavy atom. The van der Waals surface area contributed by atoms with Crippen LogP contribution in [-0.2, 0) is 6.54 Å². The van der Waals surface area contributed by atoms with Gasteiger partial charge in [-0.15, -0.1) is 0 Å². The molecule has 4 aromatic rings. The highest BCUT2D eigenvalue weighted by Gasteiger charge is 2.27. The van der Waals surface area contributed by atoms with Crippen LogP contribution in [0.25, 0.3) is 21.7 Å². The Morgan fingerprint density at radius 2 is 1.62 bits per heavy atom. The fourth-order valence-corrected chi connectivity index (χ4v) is 4.36. The molecule has 1 unspecified atom stereocenters. The summed E-state index contributed by atoms with van der Waals surface area (Å²) in [6.45, 7) is 7.22. The molecule has 0 aliphatic rings. The van der Waals surface area contributed by atoms with Gasteiger partial charge in [0.2, 0.25) is 0 Å². The van der Waals surface area contributed by atoms with Gasteiger partial charge in [-0.2, -0.15) is 0 Å². The fourth-order valence-electron chi connectivity index (χ4n) is 4.36. The summed E-state index contributed by atoms with van der Waals surface area (Å²) < 4.78 is 1.74. The first kappa shape index (κ1) is 21.8. The summed E-state index contributed by atoms with van der Waals surface area (Å²) in [5.41, 5.74) is 1.29. The number of nitrogens with zero attached hydrogens (tertiary/aromatic N) is 3. The lowest BCUT2D eigenvalue weighted by molar-refractivity contribution is 0.0681. The molecule has 1 amide bonds. The van der Waals surface area contributed by atoms with Crippen molar-refractivity contribution in [2.75, 3.05) is 6.54 Å². The third-order valence-electron chi connectivity index (χ3n) is 5.92. The molecule has 0 fully saturated rings. The van der Waals surface area contributed by atoms with Crippen LogP contribution in [0.3, 0.4) is 0 Å². The number of benzene rings is 3. The van der Waals surface area contributed by atoms with Crippen molar-refractivity contribution >= 4 is 27.6 Å². The van der Waals surface area contributed by atoms with E-state index in [1.165, 1.54) is 0 Å². The molecule has 0 saturated heterocycles. The van der Waals surface area contributed by atoms with E-state index in [0.29, 0.717) is 35.4 Å². The van der Waals surface area contributed by atoms with E-state index in [1.54, 1.807) is 4.57 Å². The van der Waals surface area contributed by atoms with Crippen LogP contribution in [0, 0.1) is 0 Å². The van der Waals surface area contributed by atoms with E-state index in [0.717, 1.165) is 23.6 Å². The van der Waals surface area contributed by atoms with Crippen LogP contribution in [0.15, 0.2) is 71.5 Å². The molecule has 5 heteroatoms. The van der Waals surface area contributed by atoms with Crippen molar-refractivity contribution in [1.29, 1.82) is 0 Å². The van der Waals surface area contributed by atoms with Crippen LogP contribution in [0.4, 0.5) is 0 Å². The summed E-state index contributed by atoms with van der Waals surface area (Å²) in [4.78, 5) is 33.8. The molecule has 0 aliphatic carbocycles. The summed E-state index contributed by atoms with van der Waals surface area (Å²) in [5, 5.41) is 2.58. The van der Waals surface area contributed by atoms with Crippen molar-refractivity contribution in [3.63, 3.8) is 0 Å². The van der Waals surface area contributed by atoms with Crippen LogP contribution in [-0.4, -0.2) is 26.9 Å². The molecule has 0 radical (unpaired) electrons. The molecule has 32 heavy (non-hydrogen) atoms. The third kappa shape index (κ3) is 3.91. The minimum atomic E-state index is -0.342. The average Bonchev–Trinajstić information content (AvgIpc) is 2.83. The van der Waals surface area contributed by atoms with Gasteiger partial charge in [0.15, 0.2) is 0 Å². The Bertz CT molecular complexity index is 1320. The lowest BCUT2D eigenvalue weighted by Gasteiger charge is -2.30. The van der Waals surface area contributed by atoms with Crippen molar-refractivity contribution in [3.8, 4) is 0 Å². The Balaban J connectivity index is 1.84. The van der Waals surface area contributed by atoms with Crippen LogP contribution < -0.4 is 5.56 Å². The van der Waals surface area contributed by atoms with E-state index in [-0.39, 0.29) is 17.5 Å². The summed E-state index contributed by atoms with van der Waals surface area (Å²) >= 11 is 0. The number of aromatic nitrogens is 2. The highest BCUT2D eigenvalue weighted by Crippen LogP contribution is 2.26. The molecule has 0 aliphatic heterocycles. The Morgan fingerprint density at radius 1 is 0.938 bits per heavy atom. The van der Waals surface area contributed by atoms with Gasteiger partial charge in [0.05, 0.1) is 16.9 Å². The highest BCUT2D eigenvalue weighted by atomic mass is 16.2. The number of carbonyl (C=O) groups excluding carboxylic acids is 1. The average molecular weight is 428 g/mol. The monoisotopic (exact) mass is 427 g/mol. The molecule has 1 aromatic heterocycles. The number of para-hydroxylation sites is 1. The quantitative estimate of drug-likeness (QED) is 0.387. The second kappa shape index (κ2) is 9.35. The lowest BCUT2D eigenvalue weighted by atomic mass is 10.0. The zero-order valence-corrected chi connectivity index (χ0v) is 18.9. The second-order valence-electron chi connectivity index (χ2n) is 8.15. The molecule has 5 nitrogen and oxygen atoms in total. The summed E-state index contributed by atoms with van der Waals surface area (Å²) in [7, 11) is 0. The van der Waals surface area contributed by atoms with Gasteiger partial charge in [-0.05, 0) is 48.7 Å². The molecule has 1 atom stereocenters. The first-order valence-electron chi connectivity index (χ1n) is 11.3. The third-order valence-corrected chi connectivity index (χ3v) is 5.92. The summed E-state index contributed by atoms with van der Waals surface area (Å²) in [6, 6.07) is 20.8. The van der Waals surface area contributed by atoms with Gasteiger partial charge in [0.1, 0.15) is 5.82 Å². The minimum absolute atomic E-state index is 0.0402. The number of carbonyl (C=O) groups is 1. The van der Waals surface area contributed by atoms with Gasteiger partial charge < -0.3 is 4.90 Å². The topological polar surface area (TPSA) is 55.2 Å². The number of rotatable bonds is 7. The molecule has 0 bridgehead atoms. The second-order valence-corrected chi connectivity index (χ2v) is 8.15. The van der Waals surface area contributed by atoms with E-state index in [1.807, 2.05) is 85.5 Å². The van der Waals surface area contributed by atoms with Gasteiger partial charge >= 0.3 is 0 Å². The number of fused-ring (bicyclic) bond motifs is 2. The number of amides is 1. The SMILES string of the molecule is CCCN(C(=O)c1cccc2ccccc12)C(C)c1nc2ccccc2c(=O)n1CCC. The van der Waals surface area contributed by atoms with E-state index in [2.05, 4.69) is 6.92 Å².